The Bertz CT molecular complexity index is 450. The minimum atomic E-state index is -0.547. The smallest absolute Gasteiger partial charge is 0.373 e. The Hall–Kier alpha value is -1.78. The Morgan fingerprint density at radius 1 is 1.33 bits per heavy atom. The first-order valence-electron chi connectivity index (χ1n) is 5.60. The second-order valence-electron chi connectivity index (χ2n) is 4.99. The van der Waals surface area contributed by atoms with Gasteiger partial charge in [0.05, 0.1) is 7.11 Å². The Kier molecular flexibility index (Phi) is 4.16. The maximum Gasteiger partial charge on any atom is 0.373 e. The number of hydrogen-bond donors (Lipinski definition) is 0. The zero-order valence-electron chi connectivity index (χ0n) is 11.3. The molecule has 0 aliphatic carbocycles. The molecule has 100 valence electrons. The molecule has 0 saturated heterocycles. The highest BCUT2D eigenvalue weighted by Gasteiger charge is 2.26. The normalized spacial score (nSPS) is 11.2. The summed E-state index contributed by atoms with van der Waals surface area (Å²) in [6.45, 7) is 7.26. The molecule has 1 heterocycles. The maximum absolute atomic E-state index is 11.4. The van der Waals surface area contributed by atoms with Crippen LogP contribution in [-0.2, 0) is 26.3 Å². The van der Waals surface area contributed by atoms with Crippen LogP contribution in [0.2, 0.25) is 0 Å². The van der Waals surface area contributed by atoms with Crippen molar-refractivity contribution in [3.8, 4) is 0 Å². The monoisotopic (exact) mass is 254 g/mol. The van der Waals surface area contributed by atoms with E-state index < -0.39 is 5.97 Å². The lowest BCUT2D eigenvalue weighted by Gasteiger charge is -2.17. The van der Waals surface area contributed by atoms with Crippen molar-refractivity contribution in [2.45, 2.75) is 39.7 Å². The van der Waals surface area contributed by atoms with Crippen molar-refractivity contribution in [3.63, 3.8) is 0 Å². The first kappa shape index (κ1) is 14.3. The highest BCUT2D eigenvalue weighted by atomic mass is 16.5. The number of carbonyl (C=O) groups is 2. The molecule has 0 atom stereocenters. The third kappa shape index (κ3) is 3.35. The van der Waals surface area contributed by atoms with Crippen molar-refractivity contribution in [1.29, 1.82) is 0 Å². The summed E-state index contributed by atoms with van der Waals surface area (Å²) < 4.78 is 15.0. The lowest BCUT2D eigenvalue weighted by molar-refractivity contribution is -0.142. The molecular formula is C13H18O5. The van der Waals surface area contributed by atoms with Crippen molar-refractivity contribution < 1.29 is 23.5 Å². The number of ether oxygens (including phenoxy) is 2. The molecule has 1 rings (SSSR count). The van der Waals surface area contributed by atoms with Crippen LogP contribution in [0.15, 0.2) is 10.5 Å². The molecule has 5 heteroatoms. The van der Waals surface area contributed by atoms with Gasteiger partial charge in [0.15, 0.2) is 0 Å². The van der Waals surface area contributed by atoms with Crippen molar-refractivity contribution in [2.75, 3.05) is 7.11 Å². The Morgan fingerprint density at radius 2 is 1.94 bits per heavy atom. The molecule has 0 N–H and O–H groups in total. The highest BCUT2D eigenvalue weighted by molar-refractivity contribution is 5.86. The first-order chi connectivity index (χ1) is 8.25. The van der Waals surface area contributed by atoms with E-state index >= 15 is 0 Å². The third-order valence-corrected chi connectivity index (χ3v) is 2.31. The number of rotatable bonds is 3. The molecule has 0 spiro atoms. The van der Waals surface area contributed by atoms with Crippen LogP contribution in [0.5, 0.6) is 0 Å². The number of furan rings is 1. The predicted molar refractivity (Wildman–Crippen MR) is 64.2 cm³/mol. The molecule has 5 nitrogen and oxygen atoms in total. The summed E-state index contributed by atoms with van der Waals surface area (Å²) in [5, 5.41) is 0. The van der Waals surface area contributed by atoms with Gasteiger partial charge in [-0.25, -0.2) is 4.79 Å². The van der Waals surface area contributed by atoms with E-state index in [0.29, 0.717) is 11.3 Å². The molecule has 0 aliphatic rings. The minimum Gasteiger partial charge on any atom is -0.463 e. The van der Waals surface area contributed by atoms with E-state index in [1.807, 2.05) is 20.8 Å². The summed E-state index contributed by atoms with van der Waals surface area (Å²) in [5.74, 6) is -0.195. The summed E-state index contributed by atoms with van der Waals surface area (Å²) in [4.78, 5) is 22.3. The van der Waals surface area contributed by atoms with E-state index in [1.54, 1.807) is 6.07 Å². The van der Waals surface area contributed by atoms with Crippen molar-refractivity contribution in [3.05, 3.63) is 23.2 Å². The lowest BCUT2D eigenvalue weighted by Crippen LogP contribution is -2.13. The highest BCUT2D eigenvalue weighted by Crippen LogP contribution is 2.29. The van der Waals surface area contributed by atoms with Crippen LogP contribution >= 0.6 is 0 Å². The standard InChI is InChI=1S/C13H18O5/c1-8(14)17-7-9-6-10(12(15)16-5)18-11(9)13(2,3)4/h6H,7H2,1-5H3. The van der Waals surface area contributed by atoms with Gasteiger partial charge in [-0.1, -0.05) is 20.8 Å². The van der Waals surface area contributed by atoms with Crippen LogP contribution < -0.4 is 0 Å². The van der Waals surface area contributed by atoms with Gasteiger partial charge >= 0.3 is 11.9 Å². The number of esters is 2. The zero-order chi connectivity index (χ0) is 13.9. The van der Waals surface area contributed by atoms with Crippen LogP contribution in [0.3, 0.4) is 0 Å². The molecule has 0 amide bonds. The van der Waals surface area contributed by atoms with Crippen molar-refractivity contribution in [2.24, 2.45) is 0 Å². The minimum absolute atomic E-state index is 0.0857. The number of carbonyl (C=O) groups excluding carboxylic acids is 2. The molecule has 0 aromatic carbocycles. The molecule has 0 aliphatic heterocycles. The van der Waals surface area contributed by atoms with Crippen molar-refractivity contribution >= 4 is 11.9 Å². The molecule has 18 heavy (non-hydrogen) atoms. The molecule has 1 aromatic rings. The maximum atomic E-state index is 11.4. The van der Waals surface area contributed by atoms with E-state index in [9.17, 15) is 9.59 Å². The predicted octanol–water partition coefficient (Wildman–Crippen LogP) is 2.43. The van der Waals surface area contributed by atoms with E-state index in [1.165, 1.54) is 14.0 Å². The molecule has 0 fully saturated rings. The summed E-state index contributed by atoms with van der Waals surface area (Å²) in [6.07, 6.45) is 0. The lowest BCUT2D eigenvalue weighted by atomic mass is 9.91. The topological polar surface area (TPSA) is 65.7 Å². The van der Waals surface area contributed by atoms with E-state index in [4.69, 9.17) is 9.15 Å². The van der Waals surface area contributed by atoms with Gasteiger partial charge < -0.3 is 13.9 Å². The molecular weight excluding hydrogens is 236 g/mol. The number of methoxy groups -OCH3 is 1. The number of hydrogen-bond acceptors (Lipinski definition) is 5. The SMILES string of the molecule is COC(=O)c1cc(COC(C)=O)c(C(C)(C)C)o1. The average molecular weight is 254 g/mol. The second-order valence-corrected chi connectivity index (χ2v) is 4.99. The van der Waals surface area contributed by atoms with Gasteiger partial charge in [-0.15, -0.1) is 0 Å². The van der Waals surface area contributed by atoms with Gasteiger partial charge in [-0.05, 0) is 6.07 Å². The zero-order valence-corrected chi connectivity index (χ0v) is 11.3. The fourth-order valence-electron chi connectivity index (χ4n) is 1.55. The quantitative estimate of drug-likeness (QED) is 0.775. The molecule has 0 radical (unpaired) electrons. The second kappa shape index (κ2) is 5.25. The van der Waals surface area contributed by atoms with Crippen LogP contribution in [0.1, 0.15) is 49.6 Å². The molecule has 0 saturated carbocycles. The van der Waals surface area contributed by atoms with E-state index in [2.05, 4.69) is 4.74 Å². The molecule has 1 aromatic heterocycles. The summed E-state index contributed by atoms with van der Waals surface area (Å²) in [7, 11) is 1.29. The first-order valence-corrected chi connectivity index (χ1v) is 5.60. The summed E-state index contributed by atoms with van der Waals surface area (Å²) >= 11 is 0. The largest absolute Gasteiger partial charge is 0.463 e. The van der Waals surface area contributed by atoms with Crippen LogP contribution in [0.4, 0.5) is 0 Å². The summed E-state index contributed by atoms with van der Waals surface area (Å²) in [6, 6.07) is 1.55. The average Bonchev–Trinajstić information content (AvgIpc) is 2.69. The van der Waals surface area contributed by atoms with Crippen LogP contribution in [0, 0.1) is 0 Å². The molecule has 0 unspecified atom stereocenters. The Balaban J connectivity index is 3.09. The van der Waals surface area contributed by atoms with Crippen LogP contribution in [0.25, 0.3) is 0 Å². The Labute approximate surface area is 106 Å². The molecule has 0 bridgehead atoms. The fourth-order valence-corrected chi connectivity index (χ4v) is 1.55. The third-order valence-electron chi connectivity index (χ3n) is 2.31. The van der Waals surface area contributed by atoms with Crippen LogP contribution in [-0.4, -0.2) is 19.0 Å². The van der Waals surface area contributed by atoms with E-state index in [0.717, 1.165) is 0 Å². The van der Waals surface area contributed by atoms with Gasteiger partial charge in [-0.3, -0.25) is 4.79 Å². The van der Waals surface area contributed by atoms with Gasteiger partial charge in [0, 0.05) is 17.9 Å². The van der Waals surface area contributed by atoms with Gasteiger partial charge in [0.25, 0.3) is 0 Å². The van der Waals surface area contributed by atoms with Crippen molar-refractivity contribution in [1.82, 2.24) is 0 Å². The summed E-state index contributed by atoms with van der Waals surface area (Å²) in [5.41, 5.74) is 0.389. The fraction of sp³-hybridized carbons (Fsp3) is 0.538. The Morgan fingerprint density at radius 3 is 2.39 bits per heavy atom. The van der Waals surface area contributed by atoms with E-state index in [-0.39, 0.29) is 23.8 Å². The van der Waals surface area contributed by atoms with Gasteiger partial charge in [-0.2, -0.15) is 0 Å². The van der Waals surface area contributed by atoms with Gasteiger partial charge in [0.2, 0.25) is 5.76 Å². The van der Waals surface area contributed by atoms with Gasteiger partial charge in [0.1, 0.15) is 12.4 Å².